The van der Waals surface area contributed by atoms with Crippen LogP contribution in [0.25, 0.3) is 0 Å². The monoisotopic (exact) mass is 328 g/mol. The number of halogens is 3. The second kappa shape index (κ2) is 4.79. The predicted molar refractivity (Wildman–Crippen MR) is 56.8 cm³/mol. The Labute approximate surface area is 97.6 Å². The molecule has 0 aliphatic heterocycles. The van der Waals surface area contributed by atoms with Crippen molar-refractivity contribution in [1.82, 2.24) is 4.98 Å². The number of carbonyl (C=O) groups is 1. The van der Waals surface area contributed by atoms with Gasteiger partial charge in [-0.25, -0.2) is 18.6 Å². The maximum absolute atomic E-state index is 12.6. The Kier molecular flexibility index (Phi) is 3.91. The molecule has 0 unspecified atom stereocenters. The summed E-state index contributed by atoms with van der Waals surface area (Å²) in [5.74, 6) is -1.47. The molecule has 0 aromatic carbocycles. The Balaban J connectivity index is 3.44. The summed E-state index contributed by atoms with van der Waals surface area (Å²) < 4.78 is 25.4. The lowest BCUT2D eigenvalue weighted by Gasteiger charge is -2.09. The molecule has 0 bridgehead atoms. The molecule has 0 aliphatic carbocycles. The number of aromatic carboxylic acids is 1. The zero-order valence-electron chi connectivity index (χ0n) is 7.38. The molecule has 4 nitrogen and oxygen atoms in total. The van der Waals surface area contributed by atoms with Gasteiger partial charge in [0.05, 0.1) is 5.56 Å². The largest absolute Gasteiger partial charge is 0.476 e. The Morgan fingerprint density at radius 2 is 2.27 bits per heavy atom. The van der Waals surface area contributed by atoms with Crippen LogP contribution in [0.1, 0.15) is 28.0 Å². The van der Waals surface area contributed by atoms with Crippen LogP contribution >= 0.6 is 22.6 Å². The summed E-state index contributed by atoms with van der Waals surface area (Å²) in [7, 11) is 0. The molecule has 3 N–H and O–H groups in total. The first-order valence-electron chi connectivity index (χ1n) is 3.87. The van der Waals surface area contributed by atoms with E-state index in [0.29, 0.717) is 5.56 Å². The second-order valence-electron chi connectivity index (χ2n) is 2.67. The van der Waals surface area contributed by atoms with Crippen molar-refractivity contribution in [3.05, 3.63) is 26.6 Å². The van der Waals surface area contributed by atoms with Gasteiger partial charge in [-0.15, -0.1) is 0 Å². The van der Waals surface area contributed by atoms with Gasteiger partial charge in [-0.1, -0.05) is 0 Å². The van der Waals surface area contributed by atoms with E-state index in [0.717, 1.165) is 0 Å². The lowest BCUT2D eigenvalue weighted by molar-refractivity contribution is 0.0676. The molecule has 0 atom stereocenters. The molecule has 0 radical (unpaired) electrons. The highest BCUT2D eigenvalue weighted by Crippen LogP contribution is 2.29. The molecule has 1 rings (SSSR count). The molecule has 0 saturated carbocycles. The van der Waals surface area contributed by atoms with Crippen LogP contribution in [0.2, 0.25) is 0 Å². The normalized spacial score (nSPS) is 10.7. The number of nitrogens with two attached hydrogens (primary N) is 1. The van der Waals surface area contributed by atoms with Crippen LogP contribution in [0.3, 0.4) is 0 Å². The van der Waals surface area contributed by atoms with Crippen molar-refractivity contribution in [3.8, 4) is 0 Å². The summed E-state index contributed by atoms with van der Waals surface area (Å²) in [4.78, 5) is 14.1. The van der Waals surface area contributed by atoms with Crippen LogP contribution in [-0.4, -0.2) is 16.1 Å². The Bertz CT molecular complexity index is 398. The summed E-state index contributed by atoms with van der Waals surface area (Å²) in [6.07, 6.45) is -1.67. The van der Waals surface area contributed by atoms with Gasteiger partial charge in [0.15, 0.2) is 5.69 Å². The molecule has 15 heavy (non-hydrogen) atoms. The summed E-state index contributed by atoms with van der Waals surface area (Å²) in [5, 5.41) is 8.67. The third-order valence-electron chi connectivity index (χ3n) is 1.76. The molecule has 1 heterocycles. The van der Waals surface area contributed by atoms with Crippen molar-refractivity contribution in [2.24, 2.45) is 5.73 Å². The Morgan fingerprint density at radius 3 is 2.67 bits per heavy atom. The van der Waals surface area contributed by atoms with Gasteiger partial charge < -0.3 is 10.8 Å². The van der Waals surface area contributed by atoms with Crippen LogP contribution in [0.5, 0.6) is 0 Å². The van der Waals surface area contributed by atoms with Crippen LogP contribution in [-0.2, 0) is 6.54 Å². The van der Waals surface area contributed by atoms with Crippen LogP contribution in [0.15, 0.2) is 6.20 Å². The zero-order valence-corrected chi connectivity index (χ0v) is 9.53. The van der Waals surface area contributed by atoms with E-state index in [1.807, 2.05) is 0 Å². The van der Waals surface area contributed by atoms with E-state index < -0.39 is 23.7 Å². The number of alkyl halides is 2. The number of pyridine rings is 1. The molecule has 0 fully saturated rings. The topological polar surface area (TPSA) is 76.2 Å². The first-order chi connectivity index (χ1) is 6.99. The molecule has 0 aliphatic rings. The molecular formula is C8H7F2IN2O2. The first kappa shape index (κ1) is 12.2. The van der Waals surface area contributed by atoms with E-state index in [9.17, 15) is 13.6 Å². The van der Waals surface area contributed by atoms with E-state index in [1.54, 1.807) is 22.6 Å². The van der Waals surface area contributed by atoms with Crippen LogP contribution in [0, 0.1) is 3.57 Å². The molecule has 1 aromatic rings. The van der Waals surface area contributed by atoms with E-state index in [4.69, 9.17) is 10.8 Å². The second-order valence-corrected chi connectivity index (χ2v) is 3.75. The Morgan fingerprint density at radius 1 is 1.67 bits per heavy atom. The number of carboxylic acid groups (broad SMARTS) is 1. The first-order valence-corrected chi connectivity index (χ1v) is 4.95. The van der Waals surface area contributed by atoms with Gasteiger partial charge in [0.25, 0.3) is 6.43 Å². The van der Waals surface area contributed by atoms with Crippen LogP contribution in [0.4, 0.5) is 8.78 Å². The average Bonchev–Trinajstić information content (AvgIpc) is 2.16. The molecule has 82 valence electrons. The molecule has 1 aromatic heterocycles. The van der Waals surface area contributed by atoms with E-state index >= 15 is 0 Å². The minimum Gasteiger partial charge on any atom is -0.476 e. The van der Waals surface area contributed by atoms with Crippen molar-refractivity contribution < 1.29 is 18.7 Å². The van der Waals surface area contributed by atoms with E-state index in [-0.39, 0.29) is 10.1 Å². The van der Waals surface area contributed by atoms with Gasteiger partial charge in [-0.3, -0.25) is 0 Å². The number of aromatic nitrogens is 1. The van der Waals surface area contributed by atoms with Gasteiger partial charge >= 0.3 is 5.97 Å². The molecule has 0 saturated heterocycles. The van der Waals surface area contributed by atoms with Crippen LogP contribution < -0.4 is 5.73 Å². The van der Waals surface area contributed by atoms with Gasteiger partial charge in [0.1, 0.15) is 0 Å². The van der Waals surface area contributed by atoms with Crippen molar-refractivity contribution in [1.29, 1.82) is 0 Å². The lowest BCUT2D eigenvalue weighted by Crippen LogP contribution is -2.12. The highest BCUT2D eigenvalue weighted by atomic mass is 127. The van der Waals surface area contributed by atoms with Crippen molar-refractivity contribution in [3.63, 3.8) is 0 Å². The summed E-state index contributed by atoms with van der Waals surface area (Å²) in [6.45, 7) is 0.0465. The quantitative estimate of drug-likeness (QED) is 0.830. The number of hydrogen-bond acceptors (Lipinski definition) is 3. The molecule has 0 spiro atoms. The van der Waals surface area contributed by atoms with Crippen molar-refractivity contribution >= 4 is 28.6 Å². The predicted octanol–water partition coefficient (Wildman–Crippen LogP) is 1.78. The summed E-state index contributed by atoms with van der Waals surface area (Å²) in [5.41, 5.74) is 4.54. The highest BCUT2D eigenvalue weighted by molar-refractivity contribution is 14.1. The maximum atomic E-state index is 12.6. The van der Waals surface area contributed by atoms with Gasteiger partial charge in [0, 0.05) is 16.3 Å². The smallest absolute Gasteiger partial charge is 0.355 e. The summed E-state index contributed by atoms with van der Waals surface area (Å²) in [6, 6.07) is 0. The number of carboxylic acids is 1. The van der Waals surface area contributed by atoms with E-state index in [2.05, 4.69) is 4.98 Å². The zero-order chi connectivity index (χ0) is 11.6. The molecule has 0 amide bonds. The standard InChI is InChI=1S/C8H7F2IN2O2/c9-7(10)4-5(11)3(1-12)2-13-6(4)8(14)15/h2,7H,1,12H2,(H,14,15). The van der Waals surface area contributed by atoms with Crippen molar-refractivity contribution in [2.45, 2.75) is 13.0 Å². The SMILES string of the molecule is NCc1cnc(C(=O)O)c(C(F)F)c1I. The van der Waals surface area contributed by atoms with Gasteiger partial charge in [0.2, 0.25) is 0 Å². The minimum atomic E-state index is -2.87. The average molecular weight is 328 g/mol. The lowest BCUT2D eigenvalue weighted by atomic mass is 10.1. The fourth-order valence-electron chi connectivity index (χ4n) is 1.06. The fraction of sp³-hybridized carbons (Fsp3) is 0.250. The van der Waals surface area contributed by atoms with Gasteiger partial charge in [-0.05, 0) is 28.2 Å². The maximum Gasteiger partial charge on any atom is 0.355 e. The summed E-state index contributed by atoms with van der Waals surface area (Å²) >= 11 is 1.65. The highest BCUT2D eigenvalue weighted by Gasteiger charge is 2.24. The minimum absolute atomic E-state index is 0.0465. The van der Waals surface area contributed by atoms with E-state index in [1.165, 1.54) is 6.20 Å². The third kappa shape index (κ3) is 2.40. The van der Waals surface area contributed by atoms with Crippen molar-refractivity contribution in [2.75, 3.05) is 0 Å². The molecular weight excluding hydrogens is 321 g/mol. The number of nitrogens with zero attached hydrogens (tertiary/aromatic N) is 1. The third-order valence-corrected chi connectivity index (χ3v) is 3.04. The number of hydrogen-bond donors (Lipinski definition) is 2. The van der Waals surface area contributed by atoms with Gasteiger partial charge in [-0.2, -0.15) is 0 Å². The number of rotatable bonds is 3. The fourth-order valence-corrected chi connectivity index (χ4v) is 1.91. The molecule has 7 heteroatoms. The Hall–Kier alpha value is -0.830.